The number of aliphatic imine (C=N–C) groups is 1. The first-order chi connectivity index (χ1) is 13.3. The number of halogens is 1. The maximum absolute atomic E-state index is 5.94. The van der Waals surface area contributed by atoms with Crippen LogP contribution in [0.5, 0.6) is 0 Å². The summed E-state index contributed by atoms with van der Waals surface area (Å²) < 4.78 is 5.94. The Morgan fingerprint density at radius 2 is 1.75 bits per heavy atom. The molecule has 4 nitrogen and oxygen atoms in total. The second kappa shape index (κ2) is 12.8. The molecule has 0 saturated carbocycles. The minimum atomic E-state index is 0. The van der Waals surface area contributed by atoms with Crippen molar-refractivity contribution in [3.05, 3.63) is 71.8 Å². The summed E-state index contributed by atoms with van der Waals surface area (Å²) in [6.07, 6.45) is 2.14. The van der Waals surface area contributed by atoms with Crippen LogP contribution in [-0.4, -0.2) is 43.6 Å². The van der Waals surface area contributed by atoms with Crippen molar-refractivity contribution < 1.29 is 4.74 Å². The molecule has 1 aliphatic rings. The topological polar surface area (TPSA) is 36.9 Å². The van der Waals surface area contributed by atoms with Gasteiger partial charge in [0.2, 0.25) is 0 Å². The molecule has 1 fully saturated rings. The van der Waals surface area contributed by atoms with Gasteiger partial charge in [-0.05, 0) is 30.9 Å². The van der Waals surface area contributed by atoms with Gasteiger partial charge in [-0.15, -0.1) is 24.0 Å². The molecule has 1 aliphatic heterocycles. The van der Waals surface area contributed by atoms with Crippen molar-refractivity contribution in [3.63, 3.8) is 0 Å². The van der Waals surface area contributed by atoms with Crippen LogP contribution in [0.15, 0.2) is 65.7 Å². The molecule has 0 aliphatic carbocycles. The van der Waals surface area contributed by atoms with Crippen molar-refractivity contribution in [1.82, 2.24) is 10.2 Å². The summed E-state index contributed by atoms with van der Waals surface area (Å²) >= 11 is 0. The van der Waals surface area contributed by atoms with E-state index in [1.807, 2.05) is 6.07 Å². The van der Waals surface area contributed by atoms with Crippen LogP contribution >= 0.6 is 24.0 Å². The minimum absolute atomic E-state index is 0. The zero-order valence-corrected chi connectivity index (χ0v) is 19.0. The van der Waals surface area contributed by atoms with Crippen LogP contribution in [0.4, 0.5) is 0 Å². The summed E-state index contributed by atoms with van der Waals surface area (Å²) in [6.45, 7) is 7.43. The maximum atomic E-state index is 5.94. The maximum Gasteiger partial charge on any atom is 0.193 e. The lowest BCUT2D eigenvalue weighted by Gasteiger charge is -2.21. The van der Waals surface area contributed by atoms with Crippen molar-refractivity contribution in [2.45, 2.75) is 26.4 Å². The number of ether oxygens (including phenoxy) is 1. The first-order valence-electron chi connectivity index (χ1n) is 10.0. The molecule has 0 aromatic heterocycles. The quantitative estimate of drug-likeness (QED) is 0.338. The Hall–Kier alpha value is -1.60. The molecule has 5 heteroatoms. The number of guanidine groups is 1. The van der Waals surface area contributed by atoms with Crippen LogP contribution in [0.25, 0.3) is 0 Å². The van der Waals surface area contributed by atoms with Crippen molar-refractivity contribution in [1.29, 1.82) is 0 Å². The highest BCUT2D eigenvalue weighted by atomic mass is 127. The van der Waals surface area contributed by atoms with Crippen LogP contribution in [0, 0.1) is 5.92 Å². The van der Waals surface area contributed by atoms with Gasteiger partial charge in [-0.1, -0.05) is 60.7 Å². The molecule has 0 radical (unpaired) electrons. The normalized spacial score (nSPS) is 16.7. The second-order valence-electron chi connectivity index (χ2n) is 7.07. The summed E-state index contributed by atoms with van der Waals surface area (Å²) in [4.78, 5) is 7.22. The first kappa shape index (κ1) is 22.7. The number of rotatable bonds is 8. The van der Waals surface area contributed by atoms with Crippen LogP contribution in [0.1, 0.15) is 24.5 Å². The Morgan fingerprint density at radius 1 is 1.07 bits per heavy atom. The average molecular weight is 493 g/mol. The van der Waals surface area contributed by atoms with Crippen LogP contribution in [-0.2, 0) is 17.8 Å². The van der Waals surface area contributed by atoms with Gasteiger partial charge in [-0.3, -0.25) is 4.99 Å². The molecule has 0 bridgehead atoms. The van der Waals surface area contributed by atoms with E-state index in [9.17, 15) is 0 Å². The van der Waals surface area contributed by atoms with E-state index < -0.39 is 0 Å². The Bertz CT molecular complexity index is 694. The average Bonchev–Trinajstić information content (AvgIpc) is 3.18. The third kappa shape index (κ3) is 7.43. The Balaban J connectivity index is 0.00000280. The van der Waals surface area contributed by atoms with Gasteiger partial charge in [0.05, 0.1) is 13.2 Å². The van der Waals surface area contributed by atoms with Crippen molar-refractivity contribution in [2.75, 3.05) is 32.8 Å². The van der Waals surface area contributed by atoms with Gasteiger partial charge in [0, 0.05) is 32.1 Å². The number of likely N-dealkylation sites (tertiary alicyclic amines) is 1. The molecular formula is C23H32IN3O. The molecule has 1 N–H and O–H groups in total. The van der Waals surface area contributed by atoms with Crippen LogP contribution < -0.4 is 5.32 Å². The van der Waals surface area contributed by atoms with E-state index in [1.165, 1.54) is 11.1 Å². The van der Waals surface area contributed by atoms with Crippen molar-refractivity contribution in [3.8, 4) is 0 Å². The summed E-state index contributed by atoms with van der Waals surface area (Å²) in [5, 5.41) is 3.45. The predicted octanol–water partition coefficient (Wildman–Crippen LogP) is 4.35. The van der Waals surface area contributed by atoms with Crippen LogP contribution in [0.2, 0.25) is 0 Å². The molecule has 1 saturated heterocycles. The Labute approximate surface area is 186 Å². The molecule has 1 heterocycles. The fraction of sp³-hybridized carbons (Fsp3) is 0.435. The number of hydrogen-bond donors (Lipinski definition) is 1. The van der Waals surface area contributed by atoms with E-state index in [2.05, 4.69) is 71.7 Å². The van der Waals surface area contributed by atoms with Gasteiger partial charge in [0.15, 0.2) is 5.96 Å². The standard InChI is InChI=1S/C23H31N3O.HI/c1-2-24-23(25-15-13-20-9-5-3-6-10-20)26-16-14-22(17-26)19-27-18-21-11-7-4-8-12-21;/h3-12,22H,2,13-19H2,1H3,(H,24,25);1H. The van der Waals surface area contributed by atoms with Gasteiger partial charge >= 0.3 is 0 Å². The number of nitrogens with zero attached hydrogens (tertiary/aromatic N) is 2. The van der Waals surface area contributed by atoms with E-state index in [1.54, 1.807) is 0 Å². The van der Waals surface area contributed by atoms with Gasteiger partial charge in [-0.25, -0.2) is 0 Å². The number of hydrogen-bond acceptors (Lipinski definition) is 2. The minimum Gasteiger partial charge on any atom is -0.376 e. The highest BCUT2D eigenvalue weighted by Gasteiger charge is 2.24. The third-order valence-electron chi connectivity index (χ3n) is 4.89. The van der Waals surface area contributed by atoms with Gasteiger partial charge in [0.25, 0.3) is 0 Å². The van der Waals surface area contributed by atoms with Crippen LogP contribution in [0.3, 0.4) is 0 Å². The lowest BCUT2D eigenvalue weighted by molar-refractivity contribution is 0.0907. The molecule has 2 aromatic rings. The van der Waals surface area contributed by atoms with Gasteiger partial charge in [0.1, 0.15) is 0 Å². The lowest BCUT2D eigenvalue weighted by Crippen LogP contribution is -2.40. The van der Waals surface area contributed by atoms with E-state index in [0.717, 1.165) is 51.6 Å². The summed E-state index contributed by atoms with van der Waals surface area (Å²) in [6, 6.07) is 21.0. The third-order valence-corrected chi connectivity index (χ3v) is 4.89. The Morgan fingerprint density at radius 3 is 2.43 bits per heavy atom. The molecule has 0 amide bonds. The van der Waals surface area contributed by atoms with Gasteiger partial charge < -0.3 is 15.0 Å². The largest absolute Gasteiger partial charge is 0.376 e. The Kier molecular flexibility index (Phi) is 10.4. The van der Waals surface area contributed by atoms with Crippen molar-refractivity contribution in [2.24, 2.45) is 10.9 Å². The smallest absolute Gasteiger partial charge is 0.193 e. The van der Waals surface area contributed by atoms with Gasteiger partial charge in [-0.2, -0.15) is 0 Å². The molecule has 2 aromatic carbocycles. The fourth-order valence-corrected chi connectivity index (χ4v) is 3.44. The molecule has 152 valence electrons. The molecule has 3 rings (SSSR count). The van der Waals surface area contributed by atoms with E-state index in [0.29, 0.717) is 12.5 Å². The zero-order chi connectivity index (χ0) is 18.7. The monoisotopic (exact) mass is 493 g/mol. The van der Waals surface area contributed by atoms with E-state index >= 15 is 0 Å². The summed E-state index contributed by atoms with van der Waals surface area (Å²) in [7, 11) is 0. The lowest BCUT2D eigenvalue weighted by atomic mass is 10.1. The summed E-state index contributed by atoms with van der Waals surface area (Å²) in [5.74, 6) is 1.62. The predicted molar refractivity (Wildman–Crippen MR) is 127 cm³/mol. The summed E-state index contributed by atoms with van der Waals surface area (Å²) in [5.41, 5.74) is 2.58. The number of nitrogens with one attached hydrogen (secondary N) is 1. The fourth-order valence-electron chi connectivity index (χ4n) is 3.44. The van der Waals surface area contributed by atoms with E-state index in [-0.39, 0.29) is 24.0 Å². The molecule has 1 atom stereocenters. The number of benzene rings is 2. The molecule has 1 unspecified atom stereocenters. The molecule has 0 spiro atoms. The van der Waals surface area contributed by atoms with Crippen molar-refractivity contribution >= 4 is 29.9 Å². The molecular weight excluding hydrogens is 461 g/mol. The first-order valence-corrected chi connectivity index (χ1v) is 10.0. The SMILES string of the molecule is CCNC(=NCCc1ccccc1)N1CCC(COCc2ccccc2)C1.I. The highest BCUT2D eigenvalue weighted by molar-refractivity contribution is 14.0. The molecule has 28 heavy (non-hydrogen) atoms. The van der Waals surface area contributed by atoms with E-state index in [4.69, 9.17) is 9.73 Å². The zero-order valence-electron chi connectivity index (χ0n) is 16.7. The highest BCUT2D eigenvalue weighted by Crippen LogP contribution is 2.17. The second-order valence-corrected chi connectivity index (χ2v) is 7.07.